The summed E-state index contributed by atoms with van der Waals surface area (Å²) in [5, 5.41) is 9.11. The van der Waals surface area contributed by atoms with Crippen LogP contribution in [0.3, 0.4) is 0 Å². The summed E-state index contributed by atoms with van der Waals surface area (Å²) in [6.45, 7) is 7.33. The summed E-state index contributed by atoms with van der Waals surface area (Å²) in [6.07, 6.45) is 1.01. The van der Waals surface area contributed by atoms with E-state index in [0.29, 0.717) is 32.0 Å². The highest BCUT2D eigenvalue weighted by atomic mass is 16.4. The van der Waals surface area contributed by atoms with Crippen molar-refractivity contribution >= 4 is 11.9 Å². The van der Waals surface area contributed by atoms with Crippen LogP contribution >= 0.6 is 0 Å². The second kappa shape index (κ2) is 4.29. The predicted octanol–water partition coefficient (Wildman–Crippen LogP) is 0.404. The first-order chi connectivity index (χ1) is 8.01. The minimum atomic E-state index is -1.08. The van der Waals surface area contributed by atoms with Gasteiger partial charge in [-0.25, -0.2) is 0 Å². The quantitative estimate of drug-likeness (QED) is 0.726. The standard InChI is InChI=1S/C12H20N2O3/c1-3-13-6-7-14(8-9(13)2)10(15)12(4-5-12)11(16)17/h9H,3-8H2,1-2H3,(H,16,17). The molecule has 1 saturated carbocycles. The van der Waals surface area contributed by atoms with Crippen LogP contribution in [0.2, 0.25) is 0 Å². The molecule has 2 rings (SSSR count). The molecular weight excluding hydrogens is 220 g/mol. The number of rotatable bonds is 3. The lowest BCUT2D eigenvalue weighted by Crippen LogP contribution is -2.55. The summed E-state index contributed by atoms with van der Waals surface area (Å²) in [6, 6.07) is 0.322. The summed E-state index contributed by atoms with van der Waals surface area (Å²) in [4.78, 5) is 27.3. The summed E-state index contributed by atoms with van der Waals surface area (Å²) < 4.78 is 0. The Balaban J connectivity index is 2.01. The van der Waals surface area contributed by atoms with E-state index < -0.39 is 11.4 Å². The highest BCUT2D eigenvalue weighted by molar-refractivity contribution is 6.04. The van der Waals surface area contributed by atoms with Crippen molar-refractivity contribution in [1.29, 1.82) is 0 Å². The molecule has 96 valence electrons. The smallest absolute Gasteiger partial charge is 0.319 e. The van der Waals surface area contributed by atoms with Crippen LogP contribution in [0, 0.1) is 5.41 Å². The maximum absolute atomic E-state index is 12.2. The number of nitrogens with zero attached hydrogens (tertiary/aromatic N) is 2. The maximum Gasteiger partial charge on any atom is 0.319 e. The van der Waals surface area contributed by atoms with Gasteiger partial charge in [0, 0.05) is 25.7 Å². The van der Waals surface area contributed by atoms with E-state index in [1.807, 2.05) is 0 Å². The number of hydrogen-bond acceptors (Lipinski definition) is 3. The third-order valence-electron chi connectivity index (χ3n) is 4.03. The van der Waals surface area contributed by atoms with Gasteiger partial charge in [-0.2, -0.15) is 0 Å². The van der Waals surface area contributed by atoms with Crippen molar-refractivity contribution in [3.8, 4) is 0 Å². The van der Waals surface area contributed by atoms with Gasteiger partial charge >= 0.3 is 5.97 Å². The molecule has 0 spiro atoms. The first-order valence-corrected chi connectivity index (χ1v) is 6.28. The molecule has 5 heteroatoms. The summed E-state index contributed by atoms with van der Waals surface area (Å²) in [5.41, 5.74) is -1.08. The molecule has 1 atom stereocenters. The Bertz CT molecular complexity index is 339. The number of amides is 1. The fourth-order valence-corrected chi connectivity index (χ4v) is 2.60. The Kier molecular flexibility index (Phi) is 3.12. The molecule has 0 aromatic carbocycles. The van der Waals surface area contributed by atoms with Crippen molar-refractivity contribution in [3.63, 3.8) is 0 Å². The third kappa shape index (κ3) is 2.04. The Hall–Kier alpha value is -1.10. The predicted molar refractivity (Wildman–Crippen MR) is 62.6 cm³/mol. The highest BCUT2D eigenvalue weighted by Gasteiger charge is 2.58. The molecule has 1 saturated heterocycles. The van der Waals surface area contributed by atoms with Crippen molar-refractivity contribution in [2.24, 2.45) is 5.41 Å². The molecule has 2 fully saturated rings. The largest absolute Gasteiger partial charge is 0.480 e. The average Bonchev–Trinajstić information content (AvgIpc) is 3.09. The second-order valence-corrected chi connectivity index (χ2v) is 5.12. The zero-order valence-electron chi connectivity index (χ0n) is 10.5. The van der Waals surface area contributed by atoms with Crippen LogP contribution in [0.25, 0.3) is 0 Å². The molecule has 1 N–H and O–H groups in total. The minimum absolute atomic E-state index is 0.174. The van der Waals surface area contributed by atoms with Crippen molar-refractivity contribution in [2.45, 2.75) is 32.7 Å². The monoisotopic (exact) mass is 240 g/mol. The van der Waals surface area contributed by atoms with Crippen molar-refractivity contribution in [3.05, 3.63) is 0 Å². The topological polar surface area (TPSA) is 60.9 Å². The lowest BCUT2D eigenvalue weighted by atomic mass is 10.0. The fourth-order valence-electron chi connectivity index (χ4n) is 2.60. The minimum Gasteiger partial charge on any atom is -0.480 e. The van der Waals surface area contributed by atoms with Gasteiger partial charge < -0.3 is 10.0 Å². The number of piperazine rings is 1. The van der Waals surface area contributed by atoms with E-state index in [9.17, 15) is 9.59 Å². The van der Waals surface area contributed by atoms with Gasteiger partial charge in [0.2, 0.25) is 5.91 Å². The number of carbonyl (C=O) groups excluding carboxylic acids is 1. The van der Waals surface area contributed by atoms with Gasteiger partial charge in [0.05, 0.1) is 0 Å². The normalized spacial score (nSPS) is 27.9. The Labute approximate surface area is 101 Å². The van der Waals surface area contributed by atoms with Gasteiger partial charge in [-0.3, -0.25) is 14.5 Å². The van der Waals surface area contributed by atoms with Crippen molar-refractivity contribution < 1.29 is 14.7 Å². The Morgan fingerprint density at radius 2 is 2.00 bits per heavy atom. The van der Waals surface area contributed by atoms with E-state index in [-0.39, 0.29) is 5.91 Å². The summed E-state index contributed by atoms with van der Waals surface area (Å²) >= 11 is 0. The molecular formula is C12H20N2O3. The Morgan fingerprint density at radius 3 is 2.41 bits per heavy atom. The molecule has 0 bridgehead atoms. The zero-order chi connectivity index (χ0) is 12.6. The van der Waals surface area contributed by atoms with Crippen LogP contribution in [0.5, 0.6) is 0 Å². The molecule has 1 aliphatic heterocycles. The molecule has 0 radical (unpaired) electrons. The van der Waals surface area contributed by atoms with Gasteiger partial charge in [0.25, 0.3) is 0 Å². The van der Waals surface area contributed by atoms with E-state index in [2.05, 4.69) is 18.7 Å². The lowest BCUT2D eigenvalue weighted by Gasteiger charge is -2.40. The number of carboxylic acids is 1. The highest BCUT2D eigenvalue weighted by Crippen LogP contribution is 2.47. The number of aliphatic carboxylic acids is 1. The van der Waals surface area contributed by atoms with Crippen LogP contribution in [-0.4, -0.2) is 59.0 Å². The van der Waals surface area contributed by atoms with Crippen molar-refractivity contribution in [2.75, 3.05) is 26.2 Å². The van der Waals surface area contributed by atoms with E-state index in [1.165, 1.54) is 0 Å². The molecule has 0 aromatic rings. The van der Waals surface area contributed by atoms with Gasteiger partial charge in [-0.1, -0.05) is 6.92 Å². The van der Waals surface area contributed by atoms with Crippen LogP contribution in [0.1, 0.15) is 26.7 Å². The third-order valence-corrected chi connectivity index (χ3v) is 4.03. The van der Waals surface area contributed by atoms with Gasteiger partial charge in [-0.15, -0.1) is 0 Å². The first-order valence-electron chi connectivity index (χ1n) is 6.28. The fraction of sp³-hybridized carbons (Fsp3) is 0.833. The number of carbonyl (C=O) groups is 2. The van der Waals surface area contributed by atoms with Crippen LogP contribution in [-0.2, 0) is 9.59 Å². The van der Waals surface area contributed by atoms with Crippen LogP contribution < -0.4 is 0 Å². The van der Waals surface area contributed by atoms with Gasteiger partial charge in [-0.05, 0) is 26.3 Å². The SMILES string of the molecule is CCN1CCN(C(=O)C2(C(=O)O)CC2)CC1C. The van der Waals surface area contributed by atoms with E-state index in [0.717, 1.165) is 13.1 Å². The van der Waals surface area contributed by atoms with Gasteiger partial charge in [0.1, 0.15) is 5.41 Å². The average molecular weight is 240 g/mol. The molecule has 1 unspecified atom stereocenters. The van der Waals surface area contributed by atoms with E-state index in [1.54, 1.807) is 4.90 Å². The zero-order valence-corrected chi connectivity index (χ0v) is 10.5. The maximum atomic E-state index is 12.2. The molecule has 0 aromatic heterocycles. The molecule has 5 nitrogen and oxygen atoms in total. The molecule has 1 heterocycles. The second-order valence-electron chi connectivity index (χ2n) is 5.12. The van der Waals surface area contributed by atoms with Crippen LogP contribution in [0.4, 0.5) is 0 Å². The molecule has 2 aliphatic rings. The molecule has 1 amide bonds. The van der Waals surface area contributed by atoms with E-state index >= 15 is 0 Å². The summed E-state index contributed by atoms with van der Waals surface area (Å²) in [5.74, 6) is -1.12. The number of likely N-dealkylation sites (N-methyl/N-ethyl adjacent to an activating group) is 1. The molecule has 1 aliphatic carbocycles. The summed E-state index contributed by atoms with van der Waals surface area (Å²) in [7, 11) is 0. The first kappa shape index (κ1) is 12.4. The lowest BCUT2D eigenvalue weighted by molar-refractivity contribution is -0.154. The number of hydrogen-bond donors (Lipinski definition) is 1. The van der Waals surface area contributed by atoms with Gasteiger partial charge in [0.15, 0.2) is 0 Å². The number of carboxylic acid groups (broad SMARTS) is 1. The van der Waals surface area contributed by atoms with Crippen molar-refractivity contribution in [1.82, 2.24) is 9.80 Å². The van der Waals surface area contributed by atoms with Crippen LogP contribution in [0.15, 0.2) is 0 Å². The Morgan fingerprint density at radius 1 is 1.35 bits per heavy atom. The molecule has 17 heavy (non-hydrogen) atoms. The van der Waals surface area contributed by atoms with E-state index in [4.69, 9.17) is 5.11 Å².